The molecule has 2 N–H and O–H groups in total. The molecule has 0 unspecified atom stereocenters. The van der Waals surface area contributed by atoms with Crippen molar-refractivity contribution in [2.75, 3.05) is 50.9 Å². The number of alkyl halides is 1. The van der Waals surface area contributed by atoms with Gasteiger partial charge in [-0.15, -0.1) is 24.0 Å². The molecule has 0 radical (unpaired) electrons. The first kappa shape index (κ1) is 26.6. The Hall–Kier alpha value is -2.97. The zero-order valence-electron chi connectivity index (χ0n) is 21.2. The highest BCUT2D eigenvalue weighted by Gasteiger charge is 2.37. The number of anilines is 1. The number of hydrogen-bond acceptors (Lipinski definition) is 5. The minimum absolute atomic E-state index is 0. The second kappa shape index (κ2) is 11.0. The lowest BCUT2D eigenvalue weighted by Gasteiger charge is -2.26. The lowest BCUT2D eigenvalue weighted by molar-refractivity contribution is 0.0322. The molecule has 1 aromatic heterocycles. The molecule has 200 valence electrons. The van der Waals surface area contributed by atoms with E-state index in [2.05, 4.69) is 9.88 Å². The van der Waals surface area contributed by atoms with Crippen LogP contribution in [0.15, 0.2) is 54.6 Å². The van der Waals surface area contributed by atoms with Crippen LogP contribution < -0.4 is 9.64 Å². The number of hydrogen-bond donors (Lipinski definition) is 2. The van der Waals surface area contributed by atoms with Crippen LogP contribution in [0.3, 0.4) is 0 Å². The first-order chi connectivity index (χ1) is 18.0. The van der Waals surface area contributed by atoms with Crippen molar-refractivity contribution in [1.82, 2.24) is 9.88 Å². The molecule has 2 atom stereocenters. The highest BCUT2D eigenvalue weighted by Crippen LogP contribution is 2.47. The molecule has 0 bridgehead atoms. The summed E-state index contributed by atoms with van der Waals surface area (Å²) in [5.41, 5.74) is 3.08. The van der Waals surface area contributed by atoms with Crippen molar-refractivity contribution in [2.45, 2.75) is 18.2 Å². The minimum atomic E-state index is -0.176. The van der Waals surface area contributed by atoms with Crippen molar-refractivity contribution in [3.63, 3.8) is 0 Å². The van der Waals surface area contributed by atoms with E-state index < -0.39 is 0 Å². The van der Waals surface area contributed by atoms with E-state index in [1.54, 1.807) is 11.0 Å². The van der Waals surface area contributed by atoms with Gasteiger partial charge in [-0.05, 0) is 42.1 Å². The molecule has 1 saturated heterocycles. The molecular formula is C29H31Cl2N3O4. The molecule has 0 aliphatic carbocycles. The standard InChI is InChI=1S/C29H30ClN3O4.ClH/c1-18(30)23-17-33(26-16-27(34)21-4-2-3-5-22(21)28(23)26)29(35)25-15-19-14-20(6-7-24(19)31-25)37-13-10-32-8-11-36-12-9-32;/h2-7,14-16,18,23,31,34H,8-13,17H2,1H3;1H/t18-,23+;/m1./s1. The average molecular weight is 556 g/mol. The number of aromatic hydroxyl groups is 1. The third-order valence-electron chi connectivity index (χ3n) is 7.49. The van der Waals surface area contributed by atoms with E-state index in [4.69, 9.17) is 21.1 Å². The van der Waals surface area contributed by atoms with E-state index in [-0.39, 0.29) is 35.4 Å². The average Bonchev–Trinajstić information content (AvgIpc) is 3.51. The van der Waals surface area contributed by atoms with Crippen molar-refractivity contribution in [3.05, 3.63) is 65.9 Å². The maximum Gasteiger partial charge on any atom is 0.274 e. The number of morpholine rings is 1. The molecule has 9 heteroatoms. The molecule has 2 aliphatic heterocycles. The van der Waals surface area contributed by atoms with E-state index in [0.29, 0.717) is 24.5 Å². The minimum Gasteiger partial charge on any atom is -0.507 e. The van der Waals surface area contributed by atoms with Crippen LogP contribution in [0.25, 0.3) is 21.7 Å². The normalized spacial score (nSPS) is 18.4. The van der Waals surface area contributed by atoms with Crippen LogP contribution in [-0.2, 0) is 4.74 Å². The number of amides is 1. The van der Waals surface area contributed by atoms with Crippen LogP contribution in [0.5, 0.6) is 11.5 Å². The number of phenolic OH excluding ortho intramolecular Hbond substituents is 1. The second-order valence-corrected chi connectivity index (χ2v) is 10.5. The molecule has 1 amide bonds. The fraction of sp³-hybridized carbons (Fsp3) is 0.345. The zero-order chi connectivity index (χ0) is 25.5. The molecule has 3 aromatic carbocycles. The predicted octanol–water partition coefficient (Wildman–Crippen LogP) is 5.53. The van der Waals surface area contributed by atoms with Gasteiger partial charge in [-0.25, -0.2) is 0 Å². The van der Waals surface area contributed by atoms with Crippen molar-refractivity contribution in [3.8, 4) is 11.5 Å². The Morgan fingerprint density at radius 3 is 2.68 bits per heavy atom. The predicted molar refractivity (Wildman–Crippen MR) is 154 cm³/mol. The molecule has 1 fully saturated rings. The van der Waals surface area contributed by atoms with Gasteiger partial charge in [0.2, 0.25) is 0 Å². The molecule has 0 saturated carbocycles. The molecule has 2 aliphatic rings. The van der Waals surface area contributed by atoms with Crippen molar-refractivity contribution in [1.29, 1.82) is 0 Å². The summed E-state index contributed by atoms with van der Waals surface area (Å²) in [5, 5.41) is 13.2. The number of nitrogens with one attached hydrogen (secondary N) is 1. The van der Waals surface area contributed by atoms with Gasteiger partial charge in [0.25, 0.3) is 5.91 Å². The molecule has 6 rings (SSSR count). The Morgan fingerprint density at radius 2 is 1.92 bits per heavy atom. The molecular weight excluding hydrogens is 525 g/mol. The Balaban J connectivity index is 0.00000294. The maximum atomic E-state index is 13.7. The summed E-state index contributed by atoms with van der Waals surface area (Å²) in [7, 11) is 0. The largest absolute Gasteiger partial charge is 0.507 e. The number of ether oxygens (including phenoxy) is 2. The van der Waals surface area contributed by atoms with Gasteiger partial charge in [-0.2, -0.15) is 0 Å². The first-order valence-corrected chi connectivity index (χ1v) is 13.2. The van der Waals surface area contributed by atoms with Gasteiger partial charge in [0.1, 0.15) is 23.8 Å². The number of halogens is 2. The monoisotopic (exact) mass is 555 g/mol. The van der Waals surface area contributed by atoms with Crippen molar-refractivity contribution in [2.24, 2.45) is 0 Å². The van der Waals surface area contributed by atoms with E-state index in [1.807, 2.05) is 55.5 Å². The number of aromatic amines is 1. The number of rotatable bonds is 6. The zero-order valence-corrected chi connectivity index (χ0v) is 22.7. The summed E-state index contributed by atoms with van der Waals surface area (Å²) >= 11 is 6.61. The highest BCUT2D eigenvalue weighted by atomic mass is 35.5. The van der Waals surface area contributed by atoms with Crippen LogP contribution in [0.1, 0.15) is 28.9 Å². The maximum absolute atomic E-state index is 13.7. The fourth-order valence-corrected chi connectivity index (χ4v) is 5.72. The number of benzene rings is 3. The molecule has 0 spiro atoms. The van der Waals surface area contributed by atoms with Crippen LogP contribution in [-0.4, -0.2) is 72.3 Å². The summed E-state index contributed by atoms with van der Waals surface area (Å²) < 4.78 is 11.4. The number of H-pyrrole nitrogens is 1. The summed E-state index contributed by atoms with van der Waals surface area (Å²) in [4.78, 5) is 21.1. The summed E-state index contributed by atoms with van der Waals surface area (Å²) in [5.74, 6) is 0.743. The first-order valence-electron chi connectivity index (χ1n) is 12.8. The molecule has 3 heterocycles. The number of nitrogens with zero attached hydrogens (tertiary/aromatic N) is 2. The van der Waals surface area contributed by atoms with E-state index in [1.165, 1.54) is 0 Å². The van der Waals surface area contributed by atoms with Crippen LogP contribution in [0, 0.1) is 0 Å². The lowest BCUT2D eigenvalue weighted by Crippen LogP contribution is -2.38. The van der Waals surface area contributed by atoms with E-state index >= 15 is 0 Å². The Morgan fingerprint density at radius 1 is 1.16 bits per heavy atom. The Kier molecular flexibility index (Phi) is 7.73. The van der Waals surface area contributed by atoms with Crippen LogP contribution >= 0.6 is 24.0 Å². The number of carbonyl (C=O) groups excluding carboxylic acids is 1. The van der Waals surface area contributed by atoms with Gasteiger partial charge in [0.15, 0.2) is 0 Å². The highest BCUT2D eigenvalue weighted by molar-refractivity contribution is 6.22. The lowest BCUT2D eigenvalue weighted by atomic mass is 9.92. The summed E-state index contributed by atoms with van der Waals surface area (Å²) in [6.45, 7) is 7.27. The van der Waals surface area contributed by atoms with Crippen molar-refractivity contribution < 1.29 is 19.4 Å². The number of carbonyl (C=O) groups is 1. The third-order valence-corrected chi connectivity index (χ3v) is 7.79. The van der Waals surface area contributed by atoms with Gasteiger partial charge in [-0.3, -0.25) is 9.69 Å². The Bertz CT molecular complexity index is 1470. The number of aromatic nitrogens is 1. The van der Waals surface area contributed by atoms with Crippen LogP contribution in [0.2, 0.25) is 0 Å². The van der Waals surface area contributed by atoms with Gasteiger partial charge in [0, 0.05) is 59.8 Å². The molecule has 38 heavy (non-hydrogen) atoms. The summed E-state index contributed by atoms with van der Waals surface area (Å²) in [6, 6.07) is 17.1. The Labute approximate surface area is 232 Å². The smallest absolute Gasteiger partial charge is 0.274 e. The van der Waals surface area contributed by atoms with Gasteiger partial charge < -0.3 is 24.5 Å². The van der Waals surface area contributed by atoms with Gasteiger partial charge >= 0.3 is 0 Å². The topological polar surface area (TPSA) is 78.0 Å². The van der Waals surface area contributed by atoms with Crippen molar-refractivity contribution >= 4 is 57.3 Å². The van der Waals surface area contributed by atoms with Gasteiger partial charge in [0.05, 0.1) is 18.9 Å². The van der Waals surface area contributed by atoms with E-state index in [9.17, 15) is 9.90 Å². The second-order valence-electron chi connectivity index (χ2n) is 9.81. The van der Waals surface area contributed by atoms with Gasteiger partial charge in [-0.1, -0.05) is 24.3 Å². The number of fused-ring (bicyclic) bond motifs is 4. The van der Waals surface area contributed by atoms with Crippen LogP contribution in [0.4, 0.5) is 5.69 Å². The van der Waals surface area contributed by atoms with E-state index in [0.717, 1.165) is 65.8 Å². The fourth-order valence-electron chi connectivity index (χ4n) is 5.51. The third kappa shape index (κ3) is 4.92. The SMILES string of the molecule is C[C@@H](Cl)[C@@H]1CN(C(=O)c2cc3cc(OCCN4CCOCC4)ccc3[nH]2)c2cc(O)c3ccccc3c21.Cl. The molecule has 4 aromatic rings. The number of phenols is 1. The summed E-state index contributed by atoms with van der Waals surface area (Å²) in [6.07, 6.45) is 0. The quantitative estimate of drug-likeness (QED) is 0.306. The molecule has 7 nitrogen and oxygen atoms in total.